The van der Waals surface area contributed by atoms with Crippen molar-refractivity contribution in [2.45, 2.75) is 5.41 Å². The number of hydrogen-bond acceptors (Lipinski definition) is 3. The van der Waals surface area contributed by atoms with Gasteiger partial charge in [0.1, 0.15) is 0 Å². The summed E-state index contributed by atoms with van der Waals surface area (Å²) in [6.07, 6.45) is 0. The predicted octanol–water partition coefficient (Wildman–Crippen LogP) is 18.7. The molecule has 328 valence electrons. The van der Waals surface area contributed by atoms with Crippen molar-refractivity contribution in [3.8, 4) is 44.5 Å². The first-order valence-electron chi connectivity index (χ1n) is 24.1. The molecule has 1 aliphatic carbocycles. The smallest absolute Gasteiger partial charge is 0.0755 e. The summed E-state index contributed by atoms with van der Waals surface area (Å²) in [5.41, 5.74) is 21.0. The van der Waals surface area contributed by atoms with E-state index in [2.05, 4.69) is 277 Å². The van der Waals surface area contributed by atoms with Gasteiger partial charge in [0.2, 0.25) is 0 Å². The molecule has 0 saturated heterocycles. The number of nitrogens with zero attached hydrogens (tertiary/aromatic N) is 2. The Labute approximate surface area is 412 Å². The fourth-order valence-corrected chi connectivity index (χ4v) is 12.9. The van der Waals surface area contributed by atoms with E-state index in [0.717, 1.165) is 28.3 Å². The van der Waals surface area contributed by atoms with Gasteiger partial charge in [-0.05, 0) is 116 Å². The maximum absolute atomic E-state index is 2.53. The van der Waals surface area contributed by atoms with E-state index in [9.17, 15) is 0 Å². The van der Waals surface area contributed by atoms with Crippen LogP contribution in [0.5, 0.6) is 0 Å². The van der Waals surface area contributed by atoms with E-state index < -0.39 is 5.41 Å². The van der Waals surface area contributed by atoms with Crippen LogP contribution in [0.15, 0.2) is 267 Å². The molecule has 3 heteroatoms. The molecule has 0 saturated carbocycles. The van der Waals surface area contributed by atoms with Crippen LogP contribution < -0.4 is 9.80 Å². The Bertz CT molecular complexity index is 3920. The van der Waals surface area contributed by atoms with Crippen LogP contribution in [-0.4, -0.2) is 0 Å². The lowest BCUT2D eigenvalue weighted by atomic mass is 9.64. The second-order valence-corrected chi connectivity index (χ2v) is 19.4. The van der Waals surface area contributed by atoms with Gasteiger partial charge in [0.25, 0.3) is 0 Å². The first-order chi connectivity index (χ1) is 34.8. The SMILES string of the molecule is c1ccc(-c2ccccc2-c2ccccc2N(c2ccc(-c3ccc4c(c3)sc3ccccc34)cc2)c2cccc3c2-c2ccccc2C32c3ccccc3N(c3ccccc3)c3ccccc32)cc1. The molecule has 0 radical (unpaired) electrons. The van der Waals surface area contributed by atoms with Crippen LogP contribution in [0.1, 0.15) is 22.3 Å². The van der Waals surface area contributed by atoms with Crippen molar-refractivity contribution in [1.29, 1.82) is 0 Å². The monoisotopic (exact) mass is 908 g/mol. The van der Waals surface area contributed by atoms with E-state index in [1.807, 2.05) is 11.3 Å². The highest BCUT2D eigenvalue weighted by Gasteiger charge is 2.52. The fourth-order valence-electron chi connectivity index (χ4n) is 11.8. The Kier molecular flexibility index (Phi) is 9.33. The molecule has 1 spiro atoms. The Morgan fingerprint density at radius 3 is 1.63 bits per heavy atom. The lowest BCUT2D eigenvalue weighted by Crippen LogP contribution is -2.36. The van der Waals surface area contributed by atoms with Crippen molar-refractivity contribution in [2.24, 2.45) is 0 Å². The summed E-state index contributed by atoms with van der Waals surface area (Å²) in [7, 11) is 0. The molecule has 0 unspecified atom stereocenters. The van der Waals surface area contributed by atoms with Crippen molar-refractivity contribution >= 4 is 65.6 Å². The molecule has 11 aromatic carbocycles. The molecule has 0 amide bonds. The van der Waals surface area contributed by atoms with Gasteiger partial charge in [0.15, 0.2) is 0 Å². The third-order valence-electron chi connectivity index (χ3n) is 14.7. The molecule has 2 aliphatic rings. The molecule has 1 aliphatic heterocycles. The highest BCUT2D eigenvalue weighted by molar-refractivity contribution is 7.25. The minimum Gasteiger partial charge on any atom is -0.310 e. The van der Waals surface area contributed by atoms with Crippen LogP contribution in [0.3, 0.4) is 0 Å². The van der Waals surface area contributed by atoms with Gasteiger partial charge in [0.05, 0.1) is 28.2 Å². The Morgan fingerprint density at radius 1 is 0.329 bits per heavy atom. The molecule has 70 heavy (non-hydrogen) atoms. The molecular weight excluding hydrogens is 865 g/mol. The fraction of sp³-hybridized carbons (Fsp3) is 0.0149. The van der Waals surface area contributed by atoms with Crippen LogP contribution in [0.2, 0.25) is 0 Å². The summed E-state index contributed by atoms with van der Waals surface area (Å²) in [6, 6.07) is 98.7. The van der Waals surface area contributed by atoms with E-state index in [-0.39, 0.29) is 0 Å². The second-order valence-electron chi connectivity index (χ2n) is 18.3. The van der Waals surface area contributed by atoms with Gasteiger partial charge in [0, 0.05) is 42.7 Å². The van der Waals surface area contributed by atoms with Gasteiger partial charge in [-0.15, -0.1) is 11.3 Å². The molecule has 2 nitrogen and oxygen atoms in total. The van der Waals surface area contributed by atoms with Gasteiger partial charge in [-0.2, -0.15) is 0 Å². The maximum atomic E-state index is 2.53. The average molecular weight is 909 g/mol. The maximum Gasteiger partial charge on any atom is 0.0755 e. The van der Waals surface area contributed by atoms with Crippen molar-refractivity contribution in [2.75, 3.05) is 9.80 Å². The largest absolute Gasteiger partial charge is 0.310 e. The Morgan fingerprint density at radius 2 is 0.871 bits per heavy atom. The second kappa shape index (κ2) is 16.2. The summed E-state index contributed by atoms with van der Waals surface area (Å²) in [5, 5.41) is 2.63. The van der Waals surface area contributed by atoms with Gasteiger partial charge in [-0.3, -0.25) is 0 Å². The molecule has 2 heterocycles. The van der Waals surface area contributed by atoms with Gasteiger partial charge in [-0.25, -0.2) is 0 Å². The number of rotatable bonds is 7. The van der Waals surface area contributed by atoms with E-state index in [4.69, 9.17) is 0 Å². The zero-order valence-corrected chi connectivity index (χ0v) is 39.0. The lowest BCUT2D eigenvalue weighted by Gasteiger charge is -2.45. The molecule has 0 fully saturated rings. The number of benzene rings is 11. The molecule has 1 aromatic heterocycles. The Hall–Kier alpha value is -8.76. The van der Waals surface area contributed by atoms with Crippen LogP contribution in [0.4, 0.5) is 34.1 Å². The number of thiophene rings is 1. The normalized spacial score (nSPS) is 12.9. The van der Waals surface area contributed by atoms with Gasteiger partial charge >= 0.3 is 0 Å². The third-order valence-corrected chi connectivity index (χ3v) is 15.8. The number of fused-ring (bicyclic) bond motifs is 12. The summed E-state index contributed by atoms with van der Waals surface area (Å²) < 4.78 is 2.63. The first-order valence-corrected chi connectivity index (χ1v) is 24.9. The standard InChI is InChI=1S/C67H44N2S/c1-3-20-46(21-4-1)50-24-7-8-25-51(50)52-26-10-15-33-60(52)68(49-41-38-45(39-42-49)47-40-43-54-53-27-11-18-37-64(53)70-65(54)44-47)63-36-19-32-59-66(63)55-28-9-12-29-56(55)67(59)57-30-13-16-34-61(57)69(48-22-5-2-6-23-48)62-35-17-14-31-58(62)67/h1-44H. The Balaban J connectivity index is 1.02. The molecule has 0 bridgehead atoms. The molecular formula is C67H44N2S. The van der Waals surface area contributed by atoms with Crippen LogP contribution in [0, 0.1) is 0 Å². The van der Waals surface area contributed by atoms with Crippen molar-refractivity contribution in [3.05, 3.63) is 289 Å². The zero-order valence-electron chi connectivity index (χ0n) is 38.2. The molecule has 14 rings (SSSR count). The highest BCUT2D eigenvalue weighted by Crippen LogP contribution is 2.65. The molecule has 0 atom stereocenters. The van der Waals surface area contributed by atoms with Crippen molar-refractivity contribution < 1.29 is 0 Å². The lowest BCUT2D eigenvalue weighted by molar-refractivity contribution is 0.752. The van der Waals surface area contributed by atoms with Crippen LogP contribution >= 0.6 is 11.3 Å². The van der Waals surface area contributed by atoms with Gasteiger partial charge < -0.3 is 9.80 Å². The third kappa shape index (κ3) is 6.05. The summed E-state index contributed by atoms with van der Waals surface area (Å²) in [6.45, 7) is 0. The van der Waals surface area contributed by atoms with E-state index in [1.165, 1.54) is 92.7 Å². The summed E-state index contributed by atoms with van der Waals surface area (Å²) in [5.74, 6) is 0. The zero-order chi connectivity index (χ0) is 46.2. The molecule has 0 N–H and O–H groups in total. The van der Waals surface area contributed by atoms with E-state index in [1.54, 1.807) is 0 Å². The van der Waals surface area contributed by atoms with Crippen LogP contribution in [-0.2, 0) is 5.41 Å². The summed E-state index contributed by atoms with van der Waals surface area (Å²) in [4.78, 5) is 4.98. The number of hydrogen-bond donors (Lipinski definition) is 0. The number of anilines is 6. The highest BCUT2D eigenvalue weighted by atomic mass is 32.1. The minimum atomic E-state index is -0.597. The van der Waals surface area contributed by atoms with E-state index in [0.29, 0.717) is 0 Å². The quantitative estimate of drug-likeness (QED) is 0.157. The van der Waals surface area contributed by atoms with Gasteiger partial charge in [-0.1, -0.05) is 206 Å². The van der Waals surface area contributed by atoms with Crippen molar-refractivity contribution in [1.82, 2.24) is 0 Å². The topological polar surface area (TPSA) is 6.48 Å². The van der Waals surface area contributed by atoms with Crippen molar-refractivity contribution in [3.63, 3.8) is 0 Å². The average Bonchev–Trinajstić information content (AvgIpc) is 3.96. The predicted molar refractivity (Wildman–Crippen MR) is 296 cm³/mol. The summed E-state index contributed by atoms with van der Waals surface area (Å²) >= 11 is 1.87. The minimum absolute atomic E-state index is 0.597. The van der Waals surface area contributed by atoms with E-state index >= 15 is 0 Å². The molecule has 12 aromatic rings. The number of para-hydroxylation sites is 4. The first kappa shape index (κ1) is 40.3. The van der Waals surface area contributed by atoms with Crippen LogP contribution in [0.25, 0.3) is 64.7 Å².